The first kappa shape index (κ1) is 21.2. The van der Waals surface area contributed by atoms with E-state index in [1.807, 2.05) is 5.57 Å². The zero-order chi connectivity index (χ0) is 19.3. The quantitative estimate of drug-likeness (QED) is 0.324. The highest BCUT2D eigenvalue weighted by Crippen LogP contribution is 2.58. The molecule has 0 saturated heterocycles. The lowest BCUT2D eigenvalue weighted by atomic mass is 9.52. The number of unbranched alkanes of at least 4 members (excludes halogenated alkanes) is 3. The predicted octanol–water partition coefficient (Wildman–Crippen LogP) is 8.73. The molecule has 154 valence electrons. The summed E-state index contributed by atoms with van der Waals surface area (Å²) in [6.45, 7) is 11.7. The van der Waals surface area contributed by atoms with Gasteiger partial charge in [0.05, 0.1) is 0 Å². The first-order valence-electron chi connectivity index (χ1n) is 12.4. The van der Waals surface area contributed by atoms with Gasteiger partial charge < -0.3 is 0 Å². The number of fused-ring (bicyclic) bond motifs is 3. The molecule has 6 unspecified atom stereocenters. The molecular formula is C27H46. The van der Waals surface area contributed by atoms with Gasteiger partial charge in [0.15, 0.2) is 0 Å². The molecule has 0 aromatic carbocycles. The van der Waals surface area contributed by atoms with Crippen molar-refractivity contribution in [2.75, 3.05) is 0 Å². The zero-order valence-electron chi connectivity index (χ0n) is 18.6. The van der Waals surface area contributed by atoms with Gasteiger partial charge in [-0.3, -0.25) is 0 Å². The van der Waals surface area contributed by atoms with Gasteiger partial charge in [0, 0.05) is 0 Å². The molecule has 3 rings (SSSR count). The number of rotatable bonds is 6. The van der Waals surface area contributed by atoms with Crippen molar-refractivity contribution in [3.8, 4) is 0 Å². The molecule has 0 bridgehead atoms. The van der Waals surface area contributed by atoms with E-state index in [-0.39, 0.29) is 0 Å². The van der Waals surface area contributed by atoms with Crippen LogP contribution in [-0.4, -0.2) is 0 Å². The van der Waals surface area contributed by atoms with Gasteiger partial charge in [0.2, 0.25) is 0 Å². The van der Waals surface area contributed by atoms with E-state index in [9.17, 15) is 0 Å². The van der Waals surface area contributed by atoms with Crippen molar-refractivity contribution >= 4 is 0 Å². The molecule has 27 heavy (non-hydrogen) atoms. The van der Waals surface area contributed by atoms with E-state index < -0.39 is 0 Å². The Labute approximate surface area is 170 Å². The van der Waals surface area contributed by atoms with Crippen LogP contribution < -0.4 is 0 Å². The minimum Gasteiger partial charge on any atom is -0.103 e. The van der Waals surface area contributed by atoms with Crippen molar-refractivity contribution in [2.24, 2.45) is 35.0 Å². The van der Waals surface area contributed by atoms with Gasteiger partial charge in [-0.25, -0.2) is 0 Å². The van der Waals surface area contributed by atoms with Gasteiger partial charge in [-0.05, 0) is 73.5 Å². The molecule has 2 saturated carbocycles. The smallest absolute Gasteiger partial charge is 0.00851 e. The molecule has 0 heteroatoms. The Hall–Kier alpha value is -0.520. The minimum absolute atomic E-state index is 0.536. The number of hydrogen-bond donors (Lipinski definition) is 0. The summed E-state index contributed by atoms with van der Waals surface area (Å²) in [7, 11) is 0. The first-order valence-corrected chi connectivity index (χ1v) is 12.4. The van der Waals surface area contributed by atoms with Gasteiger partial charge in [0.1, 0.15) is 0 Å². The molecular weight excluding hydrogens is 324 g/mol. The van der Waals surface area contributed by atoms with Crippen molar-refractivity contribution in [3.63, 3.8) is 0 Å². The van der Waals surface area contributed by atoms with Crippen molar-refractivity contribution in [1.82, 2.24) is 0 Å². The molecule has 0 heterocycles. The highest BCUT2D eigenvalue weighted by molar-refractivity contribution is 5.23. The molecule has 0 radical (unpaired) electrons. The minimum atomic E-state index is 0.536. The Bertz CT molecular complexity index is 500. The van der Waals surface area contributed by atoms with Crippen LogP contribution in [0.2, 0.25) is 0 Å². The van der Waals surface area contributed by atoms with E-state index in [0.29, 0.717) is 5.41 Å². The fourth-order valence-corrected chi connectivity index (χ4v) is 7.25. The van der Waals surface area contributed by atoms with Gasteiger partial charge in [0.25, 0.3) is 0 Å². The largest absolute Gasteiger partial charge is 0.103 e. The molecule has 3 aliphatic carbocycles. The van der Waals surface area contributed by atoms with Crippen LogP contribution in [0, 0.1) is 35.0 Å². The molecule has 0 amide bonds. The van der Waals surface area contributed by atoms with Crippen LogP contribution in [0.4, 0.5) is 0 Å². The summed E-state index contributed by atoms with van der Waals surface area (Å²) in [6.07, 6.45) is 24.9. The monoisotopic (exact) mass is 370 g/mol. The number of hydrogen-bond acceptors (Lipinski definition) is 0. The molecule has 0 nitrogen and oxygen atoms in total. The van der Waals surface area contributed by atoms with E-state index in [1.165, 1.54) is 89.9 Å². The van der Waals surface area contributed by atoms with Crippen molar-refractivity contribution in [1.29, 1.82) is 0 Å². The first-order chi connectivity index (χ1) is 13.1. The third-order valence-electron chi connectivity index (χ3n) is 8.82. The van der Waals surface area contributed by atoms with Gasteiger partial charge >= 0.3 is 0 Å². The standard InChI is InChI=1S/C27H46/c1-5-6-7-8-9-13-23-14-12-16-25-26(21(2)17-18-23)22(3)20-24-15-10-11-19-27(24,25)4/h5,20-23,25-26H,1,6-19H2,2-4H3. The van der Waals surface area contributed by atoms with Crippen molar-refractivity contribution < 1.29 is 0 Å². The maximum atomic E-state index is 3.86. The Morgan fingerprint density at radius 3 is 2.70 bits per heavy atom. The topological polar surface area (TPSA) is 0 Å². The van der Waals surface area contributed by atoms with Gasteiger partial charge in [-0.15, -0.1) is 6.58 Å². The SMILES string of the molecule is C=CCCCCCC1CCCC2C(C(C)C=C3CCCCC32C)C(C)CC1. The lowest BCUT2D eigenvalue weighted by molar-refractivity contribution is 0.0418. The summed E-state index contributed by atoms with van der Waals surface area (Å²) in [5.74, 6) is 4.60. The Balaban J connectivity index is 1.65. The second-order valence-corrected chi connectivity index (χ2v) is 10.6. The Morgan fingerprint density at radius 2 is 1.89 bits per heavy atom. The lowest BCUT2D eigenvalue weighted by Crippen LogP contribution is -2.44. The normalized spacial score (nSPS) is 40.0. The molecule has 0 N–H and O–H groups in total. The Morgan fingerprint density at radius 1 is 1.04 bits per heavy atom. The summed E-state index contributed by atoms with van der Waals surface area (Å²) < 4.78 is 0. The number of allylic oxidation sites excluding steroid dienone is 3. The summed E-state index contributed by atoms with van der Waals surface area (Å²) in [4.78, 5) is 0. The molecule has 0 spiro atoms. The van der Waals surface area contributed by atoms with Crippen LogP contribution in [0.3, 0.4) is 0 Å². The average Bonchev–Trinajstić information content (AvgIpc) is 2.73. The summed E-state index contributed by atoms with van der Waals surface area (Å²) in [5, 5.41) is 0. The molecule has 2 fully saturated rings. The van der Waals surface area contributed by atoms with E-state index in [2.05, 4.69) is 39.5 Å². The van der Waals surface area contributed by atoms with Crippen LogP contribution in [0.15, 0.2) is 24.3 Å². The van der Waals surface area contributed by atoms with E-state index in [1.54, 1.807) is 0 Å². The lowest BCUT2D eigenvalue weighted by Gasteiger charge is -2.53. The fraction of sp³-hybridized carbons (Fsp3) is 0.852. The fourth-order valence-electron chi connectivity index (χ4n) is 7.25. The molecule has 0 aromatic rings. The molecule has 0 aliphatic heterocycles. The average molecular weight is 371 g/mol. The van der Waals surface area contributed by atoms with Crippen LogP contribution in [0.1, 0.15) is 111 Å². The highest BCUT2D eigenvalue weighted by atomic mass is 14.5. The Kier molecular flexibility index (Phi) is 7.69. The van der Waals surface area contributed by atoms with Crippen LogP contribution in [0.5, 0.6) is 0 Å². The maximum absolute atomic E-state index is 3.86. The van der Waals surface area contributed by atoms with Crippen LogP contribution in [-0.2, 0) is 0 Å². The summed E-state index contributed by atoms with van der Waals surface area (Å²) >= 11 is 0. The third kappa shape index (κ3) is 4.91. The highest BCUT2D eigenvalue weighted by Gasteiger charge is 2.48. The van der Waals surface area contributed by atoms with E-state index in [0.717, 1.165) is 29.6 Å². The molecule has 0 aromatic heterocycles. The summed E-state index contributed by atoms with van der Waals surface area (Å²) in [6, 6.07) is 0. The second kappa shape index (κ2) is 9.80. The van der Waals surface area contributed by atoms with Gasteiger partial charge in [-0.1, -0.05) is 89.9 Å². The van der Waals surface area contributed by atoms with E-state index in [4.69, 9.17) is 0 Å². The predicted molar refractivity (Wildman–Crippen MR) is 120 cm³/mol. The summed E-state index contributed by atoms with van der Waals surface area (Å²) in [5.41, 5.74) is 2.39. The van der Waals surface area contributed by atoms with Crippen molar-refractivity contribution in [2.45, 2.75) is 111 Å². The third-order valence-corrected chi connectivity index (χ3v) is 8.82. The van der Waals surface area contributed by atoms with Gasteiger partial charge in [-0.2, -0.15) is 0 Å². The maximum Gasteiger partial charge on any atom is -0.00851 e. The molecule has 3 aliphatic rings. The zero-order valence-corrected chi connectivity index (χ0v) is 18.6. The second-order valence-electron chi connectivity index (χ2n) is 10.6. The van der Waals surface area contributed by atoms with Crippen molar-refractivity contribution in [3.05, 3.63) is 24.3 Å². The van der Waals surface area contributed by atoms with E-state index >= 15 is 0 Å². The molecule has 6 atom stereocenters. The van der Waals surface area contributed by atoms with Crippen LogP contribution in [0.25, 0.3) is 0 Å². The van der Waals surface area contributed by atoms with Crippen LogP contribution >= 0.6 is 0 Å².